The Labute approximate surface area is 254 Å². The number of halogens is 2. The van der Waals surface area contributed by atoms with E-state index in [1.54, 1.807) is 24.3 Å². The van der Waals surface area contributed by atoms with Crippen molar-refractivity contribution in [1.82, 2.24) is 9.13 Å². The summed E-state index contributed by atoms with van der Waals surface area (Å²) in [6.45, 7) is 5.41. The predicted molar refractivity (Wildman–Crippen MR) is 175 cm³/mol. The maximum absolute atomic E-state index is 14.1. The highest BCUT2D eigenvalue weighted by molar-refractivity contribution is 5.83. The van der Waals surface area contributed by atoms with Gasteiger partial charge < -0.3 is 9.13 Å². The summed E-state index contributed by atoms with van der Waals surface area (Å²) in [5, 5.41) is 0.761. The molecule has 0 bridgehead atoms. The second-order valence-corrected chi connectivity index (χ2v) is 11.6. The van der Waals surface area contributed by atoms with Crippen molar-refractivity contribution in [2.45, 2.75) is 52.6 Å². The highest BCUT2D eigenvalue weighted by Crippen LogP contribution is 2.27. The molecule has 0 radical (unpaired) electrons. The molecule has 0 spiro atoms. The molecule has 6 rings (SSSR count). The molecular weight excluding hydrogens is 554 g/mol. The summed E-state index contributed by atoms with van der Waals surface area (Å²) in [5.74, 6) is -0.848. The van der Waals surface area contributed by atoms with Crippen molar-refractivity contribution in [2.75, 3.05) is 0 Å². The van der Waals surface area contributed by atoms with Crippen LogP contribution in [0.25, 0.3) is 44.3 Å². The first-order chi connectivity index (χ1) is 21.3. The number of hydrogen-bond acceptors (Lipinski definition) is 2. The summed E-state index contributed by atoms with van der Waals surface area (Å²) in [7, 11) is 0. The van der Waals surface area contributed by atoms with Crippen molar-refractivity contribution in [3.05, 3.63) is 140 Å². The molecule has 0 aliphatic carbocycles. The number of rotatable bonds is 9. The fourth-order valence-electron chi connectivity index (χ4n) is 6.00. The highest BCUT2D eigenvalue weighted by atomic mass is 19.1. The number of unbranched alkanes of at least 4 members (excludes halogenated alkanes) is 3. The summed E-state index contributed by atoms with van der Waals surface area (Å²) in [6.07, 6.45) is 3.62. The number of fused-ring (bicyclic) bond motifs is 2. The van der Waals surface area contributed by atoms with Gasteiger partial charge in [0.2, 0.25) is 0 Å². The Morgan fingerprint density at radius 2 is 0.886 bits per heavy atom. The molecule has 222 valence electrons. The molecule has 0 N–H and O–H groups in total. The monoisotopic (exact) mass is 588 g/mol. The van der Waals surface area contributed by atoms with E-state index in [0.717, 1.165) is 70.4 Å². The normalized spacial score (nSPS) is 11.5. The van der Waals surface area contributed by atoms with Crippen LogP contribution in [-0.4, -0.2) is 9.13 Å². The van der Waals surface area contributed by atoms with E-state index in [0.29, 0.717) is 23.9 Å². The van der Waals surface area contributed by atoms with Crippen molar-refractivity contribution < 1.29 is 8.78 Å². The van der Waals surface area contributed by atoms with Crippen molar-refractivity contribution in [1.29, 1.82) is 0 Å². The lowest BCUT2D eigenvalue weighted by Crippen LogP contribution is -2.13. The molecule has 2 aromatic heterocycles. The second-order valence-electron chi connectivity index (χ2n) is 11.6. The number of aryl methyl sites for hydroxylation is 4. The predicted octanol–water partition coefficient (Wildman–Crippen LogP) is 8.81. The van der Waals surface area contributed by atoms with E-state index >= 15 is 0 Å². The Kier molecular flexibility index (Phi) is 8.25. The van der Waals surface area contributed by atoms with E-state index in [1.165, 1.54) is 24.3 Å². The number of aromatic nitrogens is 2. The minimum absolute atomic E-state index is 0.191. The van der Waals surface area contributed by atoms with Crippen molar-refractivity contribution in [3.8, 4) is 22.5 Å². The zero-order valence-corrected chi connectivity index (χ0v) is 24.9. The van der Waals surface area contributed by atoms with Gasteiger partial charge in [-0.3, -0.25) is 9.59 Å². The number of hydrogen-bond donors (Lipinski definition) is 0. The lowest BCUT2D eigenvalue weighted by Gasteiger charge is -2.19. The van der Waals surface area contributed by atoms with Crippen LogP contribution >= 0.6 is 0 Å². The molecule has 0 fully saturated rings. The summed E-state index contributed by atoms with van der Waals surface area (Å²) in [6, 6.07) is 28.2. The van der Waals surface area contributed by atoms with Gasteiger partial charge in [-0.1, -0.05) is 72.5 Å². The van der Waals surface area contributed by atoms with Crippen LogP contribution < -0.4 is 10.9 Å². The van der Waals surface area contributed by atoms with E-state index in [-0.39, 0.29) is 10.9 Å². The maximum Gasteiger partial charge on any atom is 0.190 e. The van der Waals surface area contributed by atoms with E-state index in [2.05, 4.69) is 9.13 Å². The third kappa shape index (κ3) is 5.98. The minimum atomic E-state index is -0.424. The molecule has 0 unspecified atom stereocenters. The minimum Gasteiger partial charge on any atom is -0.340 e. The molecule has 6 aromatic rings. The largest absolute Gasteiger partial charge is 0.340 e. The molecule has 0 saturated carbocycles. The first-order valence-corrected chi connectivity index (χ1v) is 15.1. The Bertz CT molecular complexity index is 1940. The van der Waals surface area contributed by atoms with Gasteiger partial charge in [-0.25, -0.2) is 8.78 Å². The number of benzene rings is 4. The fraction of sp³-hybridized carbons (Fsp3) is 0.211. The first kappa shape index (κ1) is 29.2. The van der Waals surface area contributed by atoms with Gasteiger partial charge in [0.25, 0.3) is 0 Å². The summed E-state index contributed by atoms with van der Waals surface area (Å²) >= 11 is 0. The van der Waals surface area contributed by atoms with E-state index in [1.807, 2.05) is 62.4 Å². The molecule has 0 saturated heterocycles. The zero-order chi connectivity index (χ0) is 30.8. The third-order valence-electron chi connectivity index (χ3n) is 8.36. The van der Waals surface area contributed by atoms with Crippen LogP contribution in [0.4, 0.5) is 8.78 Å². The topological polar surface area (TPSA) is 44.0 Å². The first-order valence-electron chi connectivity index (χ1n) is 15.1. The fourth-order valence-corrected chi connectivity index (χ4v) is 6.00. The van der Waals surface area contributed by atoms with Crippen LogP contribution in [0.2, 0.25) is 0 Å². The molecule has 0 aliphatic rings. The lowest BCUT2D eigenvalue weighted by molar-refractivity contribution is 0.551. The molecule has 6 heteroatoms. The van der Waals surface area contributed by atoms with Crippen LogP contribution in [-0.2, 0) is 13.1 Å². The summed E-state index contributed by atoms with van der Waals surface area (Å²) in [4.78, 5) is 25.9. The van der Waals surface area contributed by atoms with E-state index in [4.69, 9.17) is 0 Å². The van der Waals surface area contributed by atoms with Gasteiger partial charge >= 0.3 is 0 Å². The van der Waals surface area contributed by atoms with Crippen LogP contribution in [0.3, 0.4) is 0 Å². The van der Waals surface area contributed by atoms with Crippen LogP contribution in [0.1, 0.15) is 36.8 Å². The molecule has 0 aliphatic heterocycles. The van der Waals surface area contributed by atoms with Crippen molar-refractivity contribution >= 4 is 21.8 Å². The third-order valence-corrected chi connectivity index (χ3v) is 8.36. The van der Waals surface area contributed by atoms with E-state index in [9.17, 15) is 18.4 Å². The zero-order valence-electron chi connectivity index (χ0n) is 24.9. The Morgan fingerprint density at radius 1 is 0.500 bits per heavy atom. The summed E-state index contributed by atoms with van der Waals surface area (Å²) < 4.78 is 32.4. The molecule has 44 heavy (non-hydrogen) atoms. The van der Waals surface area contributed by atoms with Gasteiger partial charge in [-0.2, -0.15) is 0 Å². The Balaban J connectivity index is 1.22. The Hall–Kier alpha value is -4.84. The maximum atomic E-state index is 14.1. The second kappa shape index (κ2) is 12.4. The van der Waals surface area contributed by atoms with Crippen molar-refractivity contribution in [2.24, 2.45) is 0 Å². The summed E-state index contributed by atoms with van der Waals surface area (Å²) in [5.41, 5.74) is 6.88. The van der Waals surface area contributed by atoms with E-state index < -0.39 is 11.6 Å². The average Bonchev–Trinajstić information content (AvgIpc) is 3.01. The quantitative estimate of drug-likeness (QED) is 0.159. The van der Waals surface area contributed by atoms with Gasteiger partial charge in [-0.15, -0.1) is 0 Å². The van der Waals surface area contributed by atoms with Gasteiger partial charge in [-0.05, 0) is 74.2 Å². The highest BCUT2D eigenvalue weighted by Gasteiger charge is 2.14. The molecule has 4 aromatic carbocycles. The van der Waals surface area contributed by atoms with Crippen LogP contribution in [0.15, 0.2) is 107 Å². The average molecular weight is 589 g/mol. The Morgan fingerprint density at radius 3 is 1.27 bits per heavy atom. The number of pyridine rings is 2. The van der Waals surface area contributed by atoms with Gasteiger partial charge in [0.1, 0.15) is 11.6 Å². The smallest absolute Gasteiger partial charge is 0.190 e. The lowest BCUT2D eigenvalue weighted by atomic mass is 10.0. The van der Waals surface area contributed by atoms with Crippen molar-refractivity contribution in [3.63, 3.8) is 0 Å². The molecule has 0 amide bonds. The molecule has 4 nitrogen and oxygen atoms in total. The SMILES string of the molecule is Cc1ccc(-c2cc(=O)c3cc(F)ccc3n2CCCCCCn2c(-c3ccc(C)cc3)cc(=O)c3cc(F)ccc32)cc1. The van der Waals surface area contributed by atoms with Crippen LogP contribution in [0.5, 0.6) is 0 Å². The van der Waals surface area contributed by atoms with Crippen LogP contribution in [0, 0.1) is 25.5 Å². The molecule has 0 atom stereocenters. The molecular formula is C38H34F2N2O2. The van der Waals surface area contributed by atoms with Gasteiger partial charge in [0, 0.05) is 36.0 Å². The standard InChI is InChI=1S/C38H34F2N2O2/c1-25-7-11-27(12-8-25)35-23-37(43)31-21-29(39)15-17-33(31)41(35)19-5-3-4-6-20-42-34-18-16-30(40)22-32(34)38(44)24-36(42)28-13-9-26(2)10-14-28/h7-18,21-24H,3-6,19-20H2,1-2H3. The van der Waals surface area contributed by atoms with Gasteiger partial charge in [0.05, 0.1) is 22.4 Å². The number of nitrogens with zero attached hydrogens (tertiary/aromatic N) is 2. The van der Waals surface area contributed by atoms with Gasteiger partial charge in [0.15, 0.2) is 10.9 Å². The molecule has 2 heterocycles.